The fraction of sp³-hybridized carbons (Fsp3) is 0.786. The number of aliphatic imine (C=N–C) groups is 1. The van der Waals surface area contributed by atoms with E-state index in [1.54, 1.807) is 14.0 Å². The van der Waals surface area contributed by atoms with Crippen LogP contribution >= 0.6 is 0 Å². The number of aromatic nitrogens is 2. The van der Waals surface area contributed by atoms with Crippen molar-refractivity contribution in [1.82, 2.24) is 20.8 Å². The zero-order valence-electron chi connectivity index (χ0n) is 13.1. The van der Waals surface area contributed by atoms with E-state index in [0.29, 0.717) is 24.2 Å². The summed E-state index contributed by atoms with van der Waals surface area (Å²) in [4.78, 5) is 8.35. The monoisotopic (exact) mass is 281 g/mol. The van der Waals surface area contributed by atoms with Gasteiger partial charge in [0.2, 0.25) is 5.89 Å². The highest BCUT2D eigenvalue weighted by molar-refractivity contribution is 5.79. The molecule has 20 heavy (non-hydrogen) atoms. The summed E-state index contributed by atoms with van der Waals surface area (Å²) in [5.41, 5.74) is 0. The molecule has 6 heteroatoms. The first kappa shape index (κ1) is 16.5. The van der Waals surface area contributed by atoms with Crippen molar-refractivity contribution in [2.75, 3.05) is 13.6 Å². The molecule has 0 saturated carbocycles. The zero-order chi connectivity index (χ0) is 14.8. The molecule has 0 aliphatic rings. The fourth-order valence-corrected chi connectivity index (χ4v) is 1.98. The number of aryl methyl sites for hydroxylation is 1. The molecule has 0 aliphatic heterocycles. The van der Waals surface area contributed by atoms with Gasteiger partial charge in [0.15, 0.2) is 11.8 Å². The second-order valence-electron chi connectivity index (χ2n) is 4.95. The molecule has 0 saturated heterocycles. The molecule has 1 unspecified atom stereocenters. The van der Waals surface area contributed by atoms with Gasteiger partial charge in [0.05, 0.1) is 6.54 Å². The molecule has 0 bridgehead atoms. The van der Waals surface area contributed by atoms with E-state index in [9.17, 15) is 0 Å². The molecule has 0 spiro atoms. The third-order valence-electron chi connectivity index (χ3n) is 3.31. The molecule has 1 aromatic heterocycles. The van der Waals surface area contributed by atoms with Gasteiger partial charge in [-0.25, -0.2) is 0 Å². The summed E-state index contributed by atoms with van der Waals surface area (Å²) < 4.78 is 4.93. The van der Waals surface area contributed by atoms with Gasteiger partial charge >= 0.3 is 0 Å². The van der Waals surface area contributed by atoms with Crippen LogP contribution in [0.3, 0.4) is 0 Å². The molecule has 1 heterocycles. The molecule has 0 amide bonds. The predicted octanol–water partition coefficient (Wildman–Crippen LogP) is 2.26. The first-order valence-electron chi connectivity index (χ1n) is 7.43. The minimum Gasteiger partial charge on any atom is -0.356 e. The van der Waals surface area contributed by atoms with Crippen molar-refractivity contribution in [2.45, 2.75) is 53.0 Å². The van der Waals surface area contributed by atoms with Crippen LogP contribution < -0.4 is 10.6 Å². The average molecular weight is 281 g/mol. The second kappa shape index (κ2) is 9.34. The van der Waals surface area contributed by atoms with Gasteiger partial charge in [-0.3, -0.25) is 4.99 Å². The van der Waals surface area contributed by atoms with Crippen LogP contribution in [0.2, 0.25) is 0 Å². The van der Waals surface area contributed by atoms with Crippen molar-refractivity contribution >= 4 is 5.96 Å². The van der Waals surface area contributed by atoms with Crippen LogP contribution in [-0.2, 0) is 6.54 Å². The average Bonchev–Trinajstić information content (AvgIpc) is 2.87. The van der Waals surface area contributed by atoms with Crippen molar-refractivity contribution < 1.29 is 4.52 Å². The fourth-order valence-electron chi connectivity index (χ4n) is 1.98. The van der Waals surface area contributed by atoms with E-state index in [2.05, 4.69) is 39.6 Å². The quantitative estimate of drug-likeness (QED) is 0.564. The Balaban J connectivity index is 2.32. The molecule has 0 aromatic carbocycles. The maximum Gasteiger partial charge on any atom is 0.223 e. The van der Waals surface area contributed by atoms with Gasteiger partial charge in [-0.05, 0) is 12.3 Å². The molecule has 0 fully saturated rings. The third-order valence-corrected chi connectivity index (χ3v) is 3.31. The van der Waals surface area contributed by atoms with Crippen LogP contribution in [0, 0.1) is 12.8 Å². The van der Waals surface area contributed by atoms with Crippen LogP contribution in [0.5, 0.6) is 0 Å². The topological polar surface area (TPSA) is 75.3 Å². The lowest BCUT2D eigenvalue weighted by molar-refractivity contribution is 0.386. The Morgan fingerprint density at radius 2 is 2.15 bits per heavy atom. The lowest BCUT2D eigenvalue weighted by atomic mass is 9.99. The molecule has 6 nitrogen and oxygen atoms in total. The lowest BCUT2D eigenvalue weighted by Gasteiger charge is -2.17. The van der Waals surface area contributed by atoms with Gasteiger partial charge in [0.1, 0.15) is 0 Å². The van der Waals surface area contributed by atoms with E-state index >= 15 is 0 Å². The molecule has 1 aromatic rings. The maximum absolute atomic E-state index is 4.93. The number of unbranched alkanes of at least 4 members (excludes halogenated alkanes) is 1. The van der Waals surface area contributed by atoms with Gasteiger partial charge in [-0.2, -0.15) is 4.98 Å². The zero-order valence-corrected chi connectivity index (χ0v) is 13.1. The van der Waals surface area contributed by atoms with Crippen LogP contribution in [-0.4, -0.2) is 29.7 Å². The molecule has 2 N–H and O–H groups in total. The lowest BCUT2D eigenvalue weighted by Crippen LogP contribution is -2.39. The molecule has 0 radical (unpaired) electrons. The van der Waals surface area contributed by atoms with Crippen LogP contribution in [0.1, 0.15) is 51.2 Å². The number of nitrogens with one attached hydrogen (secondary N) is 2. The van der Waals surface area contributed by atoms with Crippen molar-refractivity contribution in [3.05, 3.63) is 11.7 Å². The van der Waals surface area contributed by atoms with E-state index in [4.69, 9.17) is 4.52 Å². The smallest absolute Gasteiger partial charge is 0.223 e. The molecule has 1 atom stereocenters. The van der Waals surface area contributed by atoms with E-state index in [1.165, 1.54) is 25.7 Å². The summed E-state index contributed by atoms with van der Waals surface area (Å²) in [5.74, 6) is 2.70. The van der Waals surface area contributed by atoms with Crippen molar-refractivity contribution in [3.63, 3.8) is 0 Å². The van der Waals surface area contributed by atoms with Crippen LogP contribution in [0.15, 0.2) is 9.52 Å². The number of guanidine groups is 1. The summed E-state index contributed by atoms with van der Waals surface area (Å²) in [6, 6.07) is 0. The molecule has 0 aliphatic carbocycles. The Bertz CT molecular complexity index is 402. The largest absolute Gasteiger partial charge is 0.356 e. The maximum atomic E-state index is 4.93. The highest BCUT2D eigenvalue weighted by Crippen LogP contribution is 2.10. The molecule has 1 rings (SSSR count). The number of rotatable bonds is 8. The Morgan fingerprint density at radius 1 is 1.35 bits per heavy atom. The van der Waals surface area contributed by atoms with Gasteiger partial charge in [-0.15, -0.1) is 0 Å². The molecule has 114 valence electrons. The highest BCUT2D eigenvalue weighted by Gasteiger charge is 2.08. The molecular formula is C14H27N5O. The van der Waals surface area contributed by atoms with E-state index in [0.717, 1.165) is 12.5 Å². The predicted molar refractivity (Wildman–Crippen MR) is 80.5 cm³/mol. The summed E-state index contributed by atoms with van der Waals surface area (Å²) >= 11 is 0. The normalized spacial score (nSPS) is 13.3. The third kappa shape index (κ3) is 6.04. The van der Waals surface area contributed by atoms with Gasteiger partial charge < -0.3 is 15.2 Å². The highest BCUT2D eigenvalue weighted by atomic mass is 16.5. The second-order valence-corrected chi connectivity index (χ2v) is 4.95. The minimum atomic E-state index is 0.517. The molecular weight excluding hydrogens is 254 g/mol. The van der Waals surface area contributed by atoms with Crippen LogP contribution in [0.25, 0.3) is 0 Å². The first-order chi connectivity index (χ1) is 9.69. The van der Waals surface area contributed by atoms with Crippen molar-refractivity contribution in [2.24, 2.45) is 10.9 Å². The Morgan fingerprint density at radius 3 is 2.70 bits per heavy atom. The van der Waals surface area contributed by atoms with Crippen LogP contribution in [0.4, 0.5) is 0 Å². The van der Waals surface area contributed by atoms with Gasteiger partial charge in [-0.1, -0.05) is 38.3 Å². The Hall–Kier alpha value is -1.59. The Kier molecular flexibility index (Phi) is 7.69. The van der Waals surface area contributed by atoms with E-state index < -0.39 is 0 Å². The number of hydrogen-bond donors (Lipinski definition) is 2. The van der Waals surface area contributed by atoms with Gasteiger partial charge in [0.25, 0.3) is 0 Å². The van der Waals surface area contributed by atoms with E-state index in [-0.39, 0.29) is 0 Å². The van der Waals surface area contributed by atoms with Crippen molar-refractivity contribution in [1.29, 1.82) is 0 Å². The summed E-state index contributed by atoms with van der Waals surface area (Å²) in [6.07, 6.45) is 4.99. The van der Waals surface area contributed by atoms with E-state index in [1.807, 2.05) is 0 Å². The SMILES string of the molecule is CCCCC(CC)CNC(=NC)NCc1noc(C)n1. The minimum absolute atomic E-state index is 0.517. The summed E-state index contributed by atoms with van der Waals surface area (Å²) in [7, 11) is 1.77. The standard InChI is InChI=1S/C14H27N5O/c1-5-7-8-12(6-2)9-16-14(15-4)17-10-13-18-11(3)20-19-13/h12H,5-10H2,1-4H3,(H2,15,16,17). The Labute approximate surface area is 121 Å². The summed E-state index contributed by atoms with van der Waals surface area (Å²) in [6.45, 7) is 7.71. The summed E-state index contributed by atoms with van der Waals surface area (Å²) in [5, 5.41) is 10.4. The first-order valence-corrected chi connectivity index (χ1v) is 7.43. The number of hydrogen-bond acceptors (Lipinski definition) is 4. The number of nitrogens with zero attached hydrogens (tertiary/aromatic N) is 3. The van der Waals surface area contributed by atoms with Gasteiger partial charge in [0, 0.05) is 20.5 Å². The van der Waals surface area contributed by atoms with Crippen molar-refractivity contribution in [3.8, 4) is 0 Å².